The average molecular weight is 336 g/mol. The number of aromatic hydroxyl groups is 1. The molecule has 0 spiro atoms. The van der Waals surface area contributed by atoms with Crippen molar-refractivity contribution in [3.8, 4) is 16.3 Å². The minimum atomic E-state index is -0.215. The Balaban J connectivity index is 2.44. The molecule has 0 saturated carbocycles. The monoisotopic (exact) mass is 335 g/mol. The third kappa shape index (κ3) is 2.21. The van der Waals surface area contributed by atoms with Crippen LogP contribution in [-0.4, -0.2) is 10.1 Å². The number of fused-ring (bicyclic) bond motifs is 1. The molecule has 2 aromatic heterocycles. The van der Waals surface area contributed by atoms with Crippen LogP contribution in [0.25, 0.3) is 21.5 Å². The Labute approximate surface area is 136 Å². The summed E-state index contributed by atoms with van der Waals surface area (Å²) in [6.07, 6.45) is 0.626. The van der Waals surface area contributed by atoms with Gasteiger partial charge in [-0.15, -0.1) is 11.3 Å². The van der Waals surface area contributed by atoms with Gasteiger partial charge in [-0.05, 0) is 43.0 Å². The molecule has 3 rings (SSSR count). The molecule has 0 atom stereocenters. The first kappa shape index (κ1) is 15.1. The smallest absolute Gasteiger partial charge is 0.208 e. The summed E-state index contributed by atoms with van der Waals surface area (Å²) in [5, 5.41) is 12.9. The molecule has 22 heavy (non-hydrogen) atoms. The summed E-state index contributed by atoms with van der Waals surface area (Å²) in [4.78, 5) is 17.2. The van der Waals surface area contributed by atoms with Crippen molar-refractivity contribution in [3.05, 3.63) is 43.7 Å². The van der Waals surface area contributed by atoms with Gasteiger partial charge in [0.1, 0.15) is 21.9 Å². The molecule has 0 fully saturated rings. The number of hydrogen-bond donors (Lipinski definition) is 1. The predicted octanol–water partition coefficient (Wildman–Crippen LogP) is 4.45. The summed E-state index contributed by atoms with van der Waals surface area (Å²) in [5.74, 6) is 0.115. The first-order chi connectivity index (χ1) is 10.4. The number of phenolic OH excluding ortho intramolecular Hbond substituents is 1. The number of thiazole rings is 1. The number of halogens is 1. The molecule has 0 radical (unpaired) electrons. The molecule has 6 heteroatoms. The molecule has 1 aromatic carbocycles. The highest BCUT2D eigenvalue weighted by molar-refractivity contribution is 7.13. The van der Waals surface area contributed by atoms with Crippen molar-refractivity contribution >= 4 is 33.9 Å². The van der Waals surface area contributed by atoms with Crippen LogP contribution in [0.5, 0.6) is 5.75 Å². The number of rotatable bonds is 2. The zero-order valence-electron chi connectivity index (χ0n) is 12.4. The standard InChI is InChI=1S/C16H14ClNO3S/c1-4-9-8(3)12-11(5-10(9)19)21-15(17)13(14(12)20)16-18-7(2)6-22-16/h5-6,19H,4H2,1-3H3. The molecule has 0 amide bonds. The summed E-state index contributed by atoms with van der Waals surface area (Å²) >= 11 is 7.50. The van der Waals surface area contributed by atoms with Crippen LogP contribution < -0.4 is 5.43 Å². The van der Waals surface area contributed by atoms with Crippen molar-refractivity contribution in [1.29, 1.82) is 0 Å². The van der Waals surface area contributed by atoms with E-state index in [0.29, 0.717) is 22.4 Å². The molecule has 0 bridgehead atoms. The molecule has 3 aromatic rings. The van der Waals surface area contributed by atoms with E-state index in [1.165, 1.54) is 17.4 Å². The lowest BCUT2D eigenvalue weighted by atomic mass is 9.99. The number of aromatic nitrogens is 1. The number of hydrogen-bond acceptors (Lipinski definition) is 5. The molecule has 0 aliphatic heterocycles. The maximum Gasteiger partial charge on any atom is 0.208 e. The SMILES string of the molecule is CCc1c(O)cc2oc(Cl)c(-c3nc(C)cs3)c(=O)c2c1C. The van der Waals surface area contributed by atoms with Gasteiger partial charge in [-0.25, -0.2) is 4.98 Å². The van der Waals surface area contributed by atoms with Gasteiger partial charge in [0.05, 0.1) is 5.39 Å². The van der Waals surface area contributed by atoms with Gasteiger partial charge < -0.3 is 9.52 Å². The fourth-order valence-electron chi connectivity index (χ4n) is 2.63. The predicted molar refractivity (Wildman–Crippen MR) is 89.1 cm³/mol. The van der Waals surface area contributed by atoms with Gasteiger partial charge in [-0.3, -0.25) is 4.79 Å². The van der Waals surface area contributed by atoms with Gasteiger partial charge in [0.15, 0.2) is 0 Å². The van der Waals surface area contributed by atoms with Crippen molar-refractivity contribution in [2.45, 2.75) is 27.2 Å². The van der Waals surface area contributed by atoms with Crippen molar-refractivity contribution in [1.82, 2.24) is 4.98 Å². The van der Waals surface area contributed by atoms with Crippen LogP contribution in [0, 0.1) is 13.8 Å². The van der Waals surface area contributed by atoms with Crippen LogP contribution >= 0.6 is 22.9 Å². The lowest BCUT2D eigenvalue weighted by Crippen LogP contribution is -2.08. The Bertz CT molecular complexity index is 943. The Hall–Kier alpha value is -1.85. The first-order valence-electron chi connectivity index (χ1n) is 6.84. The molecule has 1 N–H and O–H groups in total. The summed E-state index contributed by atoms with van der Waals surface area (Å²) < 4.78 is 5.57. The third-order valence-electron chi connectivity index (χ3n) is 3.69. The highest BCUT2D eigenvalue weighted by Crippen LogP contribution is 2.34. The first-order valence-corrected chi connectivity index (χ1v) is 8.10. The lowest BCUT2D eigenvalue weighted by molar-refractivity contribution is 0.467. The van der Waals surface area contributed by atoms with E-state index in [9.17, 15) is 9.90 Å². The molecule has 0 saturated heterocycles. The maximum absolute atomic E-state index is 12.9. The van der Waals surface area contributed by atoms with E-state index in [-0.39, 0.29) is 22.0 Å². The molecule has 0 unspecified atom stereocenters. The van der Waals surface area contributed by atoms with Crippen LogP contribution in [0.3, 0.4) is 0 Å². The van der Waals surface area contributed by atoms with E-state index in [1.54, 1.807) is 0 Å². The highest BCUT2D eigenvalue weighted by Gasteiger charge is 2.21. The van der Waals surface area contributed by atoms with Gasteiger partial charge in [0.2, 0.25) is 10.6 Å². The lowest BCUT2D eigenvalue weighted by Gasteiger charge is -2.10. The highest BCUT2D eigenvalue weighted by atomic mass is 35.5. The second kappa shape index (κ2) is 5.41. The average Bonchev–Trinajstić information content (AvgIpc) is 2.84. The van der Waals surface area contributed by atoms with Crippen molar-refractivity contribution < 1.29 is 9.52 Å². The maximum atomic E-state index is 12.9. The Kier molecular flexibility index (Phi) is 3.70. The van der Waals surface area contributed by atoms with Gasteiger partial charge in [-0.2, -0.15) is 0 Å². The van der Waals surface area contributed by atoms with Gasteiger partial charge in [-0.1, -0.05) is 6.92 Å². The van der Waals surface area contributed by atoms with E-state index >= 15 is 0 Å². The Morgan fingerprint density at radius 3 is 2.73 bits per heavy atom. The minimum absolute atomic E-state index is 0.00472. The largest absolute Gasteiger partial charge is 0.508 e. The quantitative estimate of drug-likeness (QED) is 0.751. The molecular formula is C16H14ClNO3S. The molecule has 0 aliphatic carbocycles. The second-order valence-corrected chi connectivity index (χ2v) is 6.30. The molecule has 4 nitrogen and oxygen atoms in total. The molecule has 0 aliphatic rings. The third-order valence-corrected chi connectivity index (χ3v) is 4.93. The number of nitrogens with zero attached hydrogens (tertiary/aromatic N) is 1. The van der Waals surface area contributed by atoms with Crippen LogP contribution in [0.4, 0.5) is 0 Å². The second-order valence-electron chi connectivity index (χ2n) is 5.10. The topological polar surface area (TPSA) is 63.3 Å². The summed E-state index contributed by atoms with van der Waals surface area (Å²) in [6.45, 7) is 5.59. The van der Waals surface area contributed by atoms with Gasteiger partial charge in [0, 0.05) is 17.1 Å². The fraction of sp³-hybridized carbons (Fsp3) is 0.250. The van der Waals surface area contributed by atoms with E-state index in [4.69, 9.17) is 16.0 Å². The number of phenols is 1. The van der Waals surface area contributed by atoms with E-state index in [2.05, 4.69) is 4.98 Å². The number of aryl methyl sites for hydroxylation is 2. The van der Waals surface area contributed by atoms with E-state index in [0.717, 1.165) is 16.8 Å². The molecular weight excluding hydrogens is 322 g/mol. The zero-order chi connectivity index (χ0) is 16.0. The van der Waals surface area contributed by atoms with Crippen LogP contribution in [0.2, 0.25) is 5.22 Å². The summed E-state index contributed by atoms with van der Waals surface area (Å²) in [6, 6.07) is 1.45. The Morgan fingerprint density at radius 1 is 1.41 bits per heavy atom. The van der Waals surface area contributed by atoms with Gasteiger partial charge in [0.25, 0.3) is 0 Å². The summed E-state index contributed by atoms with van der Waals surface area (Å²) in [5.41, 5.74) is 2.64. The number of benzene rings is 1. The van der Waals surface area contributed by atoms with Crippen LogP contribution in [0.1, 0.15) is 23.7 Å². The van der Waals surface area contributed by atoms with Crippen molar-refractivity contribution in [2.24, 2.45) is 0 Å². The zero-order valence-corrected chi connectivity index (χ0v) is 13.9. The minimum Gasteiger partial charge on any atom is -0.508 e. The molecule has 114 valence electrons. The van der Waals surface area contributed by atoms with E-state index in [1.807, 2.05) is 26.2 Å². The van der Waals surface area contributed by atoms with Crippen molar-refractivity contribution in [3.63, 3.8) is 0 Å². The Morgan fingerprint density at radius 2 is 2.14 bits per heavy atom. The van der Waals surface area contributed by atoms with E-state index < -0.39 is 0 Å². The van der Waals surface area contributed by atoms with Crippen LogP contribution in [-0.2, 0) is 6.42 Å². The summed E-state index contributed by atoms with van der Waals surface area (Å²) in [7, 11) is 0. The normalized spacial score (nSPS) is 11.3. The molecule has 2 heterocycles. The van der Waals surface area contributed by atoms with Crippen LogP contribution in [0.15, 0.2) is 20.7 Å². The fourth-order valence-corrected chi connectivity index (χ4v) is 3.78. The van der Waals surface area contributed by atoms with Crippen molar-refractivity contribution in [2.75, 3.05) is 0 Å². The van der Waals surface area contributed by atoms with Gasteiger partial charge >= 0.3 is 0 Å².